The molecule has 26 heavy (non-hydrogen) atoms. The van der Waals surface area contributed by atoms with Gasteiger partial charge < -0.3 is 18.8 Å². The van der Waals surface area contributed by atoms with Crippen molar-refractivity contribution in [1.82, 2.24) is 4.90 Å². The molecular formula is C19H26ClNO5. The van der Waals surface area contributed by atoms with Crippen molar-refractivity contribution in [3.05, 3.63) is 29.0 Å². The van der Waals surface area contributed by atoms with Crippen molar-refractivity contribution in [2.45, 2.75) is 27.7 Å². The third kappa shape index (κ3) is 4.56. The highest BCUT2D eigenvalue weighted by Gasteiger charge is 2.22. The van der Waals surface area contributed by atoms with E-state index in [0.29, 0.717) is 40.2 Å². The number of hydrogen-bond donors (Lipinski definition) is 0. The highest BCUT2D eigenvalue weighted by molar-refractivity contribution is 6.08. The number of ether oxygens (including phenoxy) is 2. The van der Waals surface area contributed by atoms with Crippen LogP contribution < -0.4 is 4.74 Å². The van der Waals surface area contributed by atoms with Crippen molar-refractivity contribution in [1.29, 1.82) is 0 Å². The van der Waals surface area contributed by atoms with E-state index in [4.69, 9.17) is 13.9 Å². The van der Waals surface area contributed by atoms with Crippen LogP contribution in [0.4, 0.5) is 0 Å². The van der Waals surface area contributed by atoms with Crippen LogP contribution in [0.1, 0.15) is 47.2 Å². The number of nitrogens with zero attached hydrogens (tertiary/aromatic N) is 1. The Morgan fingerprint density at radius 2 is 1.85 bits per heavy atom. The summed E-state index contributed by atoms with van der Waals surface area (Å²) in [5.74, 6) is 0.323. The SMILES string of the molecule is CCN(CC)CCOc1cc2c(C(=O)OC)c(C)oc2cc1C(C)=O.Cl. The number of carbonyl (C=O) groups excluding carboxylic acids is 2. The first-order chi connectivity index (χ1) is 11.9. The molecule has 0 bridgehead atoms. The molecule has 0 aliphatic carbocycles. The summed E-state index contributed by atoms with van der Waals surface area (Å²) in [6.07, 6.45) is 0. The second-order valence-corrected chi connectivity index (χ2v) is 5.80. The van der Waals surface area contributed by atoms with Gasteiger partial charge in [-0.15, -0.1) is 12.4 Å². The highest BCUT2D eigenvalue weighted by atomic mass is 35.5. The van der Waals surface area contributed by atoms with Gasteiger partial charge in [0.05, 0.1) is 12.7 Å². The molecule has 7 heteroatoms. The van der Waals surface area contributed by atoms with E-state index >= 15 is 0 Å². The minimum absolute atomic E-state index is 0. The maximum Gasteiger partial charge on any atom is 0.342 e. The summed E-state index contributed by atoms with van der Waals surface area (Å²) in [6, 6.07) is 3.32. The van der Waals surface area contributed by atoms with Crippen molar-refractivity contribution in [2.24, 2.45) is 0 Å². The second kappa shape index (κ2) is 9.59. The number of rotatable bonds is 8. The van der Waals surface area contributed by atoms with Crippen molar-refractivity contribution >= 4 is 35.1 Å². The molecule has 1 aromatic heterocycles. The van der Waals surface area contributed by atoms with E-state index < -0.39 is 5.97 Å². The monoisotopic (exact) mass is 383 g/mol. The van der Waals surface area contributed by atoms with Crippen LogP contribution in [-0.4, -0.2) is 50.0 Å². The number of halogens is 1. The van der Waals surface area contributed by atoms with Crippen LogP contribution in [0.15, 0.2) is 16.5 Å². The number of carbonyl (C=O) groups is 2. The fraction of sp³-hybridized carbons (Fsp3) is 0.474. The van der Waals surface area contributed by atoms with Crippen LogP contribution >= 0.6 is 12.4 Å². The quantitative estimate of drug-likeness (QED) is 0.509. The predicted octanol–water partition coefficient (Wildman–Crippen LogP) is 3.87. The number of hydrogen-bond acceptors (Lipinski definition) is 6. The van der Waals surface area contributed by atoms with E-state index in [2.05, 4.69) is 18.7 Å². The molecule has 0 aliphatic rings. The highest BCUT2D eigenvalue weighted by Crippen LogP contribution is 2.32. The van der Waals surface area contributed by atoms with E-state index in [1.165, 1.54) is 14.0 Å². The summed E-state index contributed by atoms with van der Waals surface area (Å²) in [4.78, 5) is 26.2. The average Bonchev–Trinajstić information content (AvgIpc) is 2.92. The van der Waals surface area contributed by atoms with Gasteiger partial charge in [0.15, 0.2) is 5.78 Å². The minimum atomic E-state index is -0.471. The third-order valence-electron chi connectivity index (χ3n) is 4.29. The zero-order chi connectivity index (χ0) is 18.6. The van der Waals surface area contributed by atoms with Crippen molar-refractivity contribution in [2.75, 3.05) is 33.4 Å². The molecule has 0 saturated heterocycles. The van der Waals surface area contributed by atoms with Gasteiger partial charge in [0, 0.05) is 11.9 Å². The maximum absolute atomic E-state index is 12.0. The standard InChI is InChI=1S/C19H25NO5.ClH/c1-6-20(7-2)8-9-24-16-11-15-17(10-14(16)12(3)21)25-13(4)18(15)19(22)23-5;/h10-11H,6-9H2,1-5H3;1H. The molecule has 1 aromatic carbocycles. The molecule has 0 fully saturated rings. The summed E-state index contributed by atoms with van der Waals surface area (Å²) in [6.45, 7) is 10.4. The molecule has 0 atom stereocenters. The first-order valence-corrected chi connectivity index (χ1v) is 8.44. The predicted molar refractivity (Wildman–Crippen MR) is 103 cm³/mol. The number of esters is 1. The molecule has 1 heterocycles. The number of Topliss-reactive ketones (excluding diaryl/α,β-unsaturated/α-hetero) is 1. The van der Waals surface area contributed by atoms with Gasteiger partial charge in [-0.3, -0.25) is 4.79 Å². The average molecular weight is 384 g/mol. The summed E-state index contributed by atoms with van der Waals surface area (Å²) in [5, 5.41) is 0.590. The Hall–Kier alpha value is -2.05. The van der Waals surface area contributed by atoms with Crippen molar-refractivity contribution in [3.63, 3.8) is 0 Å². The van der Waals surface area contributed by atoms with E-state index in [0.717, 1.165) is 19.6 Å². The molecule has 2 rings (SSSR count). The summed E-state index contributed by atoms with van der Waals surface area (Å²) < 4.78 is 16.3. The smallest absolute Gasteiger partial charge is 0.342 e. The van der Waals surface area contributed by atoms with E-state index in [1.54, 1.807) is 19.1 Å². The molecule has 0 amide bonds. The number of aryl methyl sites for hydroxylation is 1. The number of benzene rings is 1. The molecule has 0 saturated carbocycles. The van der Waals surface area contributed by atoms with Crippen LogP contribution in [0.2, 0.25) is 0 Å². The minimum Gasteiger partial charge on any atom is -0.491 e. The summed E-state index contributed by atoms with van der Waals surface area (Å²) in [5.41, 5.74) is 1.28. The normalized spacial score (nSPS) is 10.7. The van der Waals surface area contributed by atoms with Crippen LogP contribution in [0.3, 0.4) is 0 Å². The fourth-order valence-corrected chi connectivity index (χ4v) is 2.82. The van der Waals surface area contributed by atoms with Crippen LogP contribution in [0, 0.1) is 6.92 Å². The van der Waals surface area contributed by atoms with Crippen molar-refractivity contribution in [3.8, 4) is 5.75 Å². The lowest BCUT2D eigenvalue weighted by Crippen LogP contribution is -2.28. The number of likely N-dealkylation sites (N-methyl/N-ethyl adjacent to an activating group) is 1. The first-order valence-electron chi connectivity index (χ1n) is 8.44. The number of ketones is 1. The largest absolute Gasteiger partial charge is 0.491 e. The summed E-state index contributed by atoms with van der Waals surface area (Å²) in [7, 11) is 1.33. The van der Waals surface area contributed by atoms with Gasteiger partial charge in [-0.25, -0.2) is 4.79 Å². The maximum atomic E-state index is 12.0. The van der Waals surface area contributed by atoms with Gasteiger partial charge in [0.1, 0.15) is 29.3 Å². The molecule has 0 spiro atoms. The Morgan fingerprint density at radius 1 is 1.19 bits per heavy atom. The molecule has 0 radical (unpaired) electrons. The van der Waals surface area contributed by atoms with Gasteiger partial charge in [-0.1, -0.05) is 13.8 Å². The lowest BCUT2D eigenvalue weighted by Gasteiger charge is -2.18. The Balaban J connectivity index is 0.00000338. The lowest BCUT2D eigenvalue weighted by atomic mass is 10.1. The Morgan fingerprint density at radius 3 is 2.38 bits per heavy atom. The van der Waals surface area contributed by atoms with Gasteiger partial charge in [0.25, 0.3) is 0 Å². The van der Waals surface area contributed by atoms with Crippen molar-refractivity contribution < 1.29 is 23.5 Å². The van der Waals surface area contributed by atoms with E-state index in [9.17, 15) is 9.59 Å². The third-order valence-corrected chi connectivity index (χ3v) is 4.29. The van der Waals surface area contributed by atoms with E-state index in [-0.39, 0.29) is 18.2 Å². The molecule has 0 N–H and O–H groups in total. The Kier molecular flexibility index (Phi) is 8.11. The van der Waals surface area contributed by atoms with Gasteiger partial charge >= 0.3 is 5.97 Å². The lowest BCUT2D eigenvalue weighted by molar-refractivity contribution is 0.0600. The first kappa shape index (κ1) is 22.0. The second-order valence-electron chi connectivity index (χ2n) is 5.80. The van der Waals surface area contributed by atoms with Crippen LogP contribution in [0.5, 0.6) is 5.75 Å². The zero-order valence-corrected chi connectivity index (χ0v) is 16.7. The molecule has 0 aliphatic heterocycles. The van der Waals surface area contributed by atoms with Gasteiger partial charge in [-0.2, -0.15) is 0 Å². The Bertz CT molecular complexity index is 780. The molecule has 0 unspecified atom stereocenters. The molecule has 6 nitrogen and oxygen atoms in total. The van der Waals surface area contributed by atoms with Crippen LogP contribution in [0.25, 0.3) is 11.0 Å². The van der Waals surface area contributed by atoms with Gasteiger partial charge in [-0.05, 0) is 39.1 Å². The number of furan rings is 1. The fourth-order valence-electron chi connectivity index (χ4n) is 2.82. The zero-order valence-electron chi connectivity index (χ0n) is 15.9. The van der Waals surface area contributed by atoms with Crippen LogP contribution in [-0.2, 0) is 4.74 Å². The molecular weight excluding hydrogens is 358 g/mol. The molecule has 144 valence electrons. The van der Waals surface area contributed by atoms with E-state index in [1.807, 2.05) is 0 Å². The number of fused-ring (bicyclic) bond motifs is 1. The summed E-state index contributed by atoms with van der Waals surface area (Å²) >= 11 is 0. The van der Waals surface area contributed by atoms with Gasteiger partial charge in [0.2, 0.25) is 0 Å². The Labute approximate surface area is 159 Å². The molecule has 2 aromatic rings. The topological polar surface area (TPSA) is 69.0 Å². The number of methoxy groups -OCH3 is 1.